The number of hydrogen-bond donors (Lipinski definition) is 0. The van der Waals surface area contributed by atoms with Gasteiger partial charge in [-0.1, -0.05) is 49.6 Å². The Morgan fingerprint density at radius 1 is 0.923 bits per heavy atom. The van der Waals surface area contributed by atoms with Crippen LogP contribution in [0.4, 0.5) is 5.69 Å². The van der Waals surface area contributed by atoms with Crippen molar-refractivity contribution >= 4 is 11.7 Å². The first-order chi connectivity index (χ1) is 12.6. The van der Waals surface area contributed by atoms with Crippen molar-refractivity contribution in [3.8, 4) is 0 Å². The van der Waals surface area contributed by atoms with Crippen LogP contribution >= 0.6 is 0 Å². The number of carbonyl (C=O) groups excluding carboxylic acids is 1. The maximum atomic E-state index is 12.6. The highest BCUT2D eigenvalue weighted by molar-refractivity contribution is 5.89. The van der Waals surface area contributed by atoms with E-state index >= 15 is 0 Å². The van der Waals surface area contributed by atoms with Crippen LogP contribution in [0.2, 0.25) is 0 Å². The van der Waals surface area contributed by atoms with Gasteiger partial charge in [0.1, 0.15) is 6.10 Å². The van der Waals surface area contributed by atoms with Gasteiger partial charge < -0.3 is 4.74 Å². The molecule has 0 saturated heterocycles. The summed E-state index contributed by atoms with van der Waals surface area (Å²) in [7, 11) is 0. The number of carbonyl (C=O) groups is 1. The van der Waals surface area contributed by atoms with Crippen LogP contribution in [0, 0.1) is 10.1 Å². The highest BCUT2D eigenvalue weighted by atomic mass is 16.6. The lowest BCUT2D eigenvalue weighted by molar-refractivity contribution is -0.384. The average molecular weight is 353 g/mol. The van der Waals surface area contributed by atoms with Gasteiger partial charge in [-0.15, -0.1) is 0 Å². The summed E-state index contributed by atoms with van der Waals surface area (Å²) in [6.07, 6.45) is 6.23. The molecule has 3 rings (SSSR count). The maximum Gasteiger partial charge on any atom is 0.338 e. The van der Waals surface area contributed by atoms with E-state index in [0.29, 0.717) is 5.56 Å². The SMILES string of the molecule is O=C(O[C@H]1CCCCCC[C@H]1c1ccccc1)c1ccc([N+](=O)[O-])cc1. The summed E-state index contributed by atoms with van der Waals surface area (Å²) in [6, 6.07) is 15.8. The van der Waals surface area contributed by atoms with Crippen molar-refractivity contribution in [2.24, 2.45) is 0 Å². The van der Waals surface area contributed by atoms with Gasteiger partial charge in [-0.25, -0.2) is 4.79 Å². The van der Waals surface area contributed by atoms with E-state index in [9.17, 15) is 14.9 Å². The van der Waals surface area contributed by atoms with E-state index in [2.05, 4.69) is 12.1 Å². The third-order valence-electron chi connectivity index (χ3n) is 5.00. The molecular formula is C21H23NO4. The zero-order chi connectivity index (χ0) is 18.4. The zero-order valence-electron chi connectivity index (χ0n) is 14.7. The van der Waals surface area contributed by atoms with Crippen molar-refractivity contribution in [3.05, 3.63) is 75.8 Å². The number of non-ortho nitro benzene ring substituents is 1. The van der Waals surface area contributed by atoms with Gasteiger partial charge in [0.15, 0.2) is 0 Å². The molecule has 0 aromatic heterocycles. The molecule has 0 heterocycles. The van der Waals surface area contributed by atoms with Gasteiger partial charge >= 0.3 is 5.97 Å². The summed E-state index contributed by atoms with van der Waals surface area (Å²) < 4.78 is 5.87. The van der Waals surface area contributed by atoms with Gasteiger partial charge in [-0.3, -0.25) is 10.1 Å². The Morgan fingerprint density at radius 2 is 1.58 bits per heavy atom. The van der Waals surface area contributed by atoms with Crippen molar-refractivity contribution in [2.75, 3.05) is 0 Å². The van der Waals surface area contributed by atoms with Crippen molar-refractivity contribution in [1.29, 1.82) is 0 Å². The Bertz CT molecular complexity index is 742. The molecule has 0 bridgehead atoms. The van der Waals surface area contributed by atoms with Crippen molar-refractivity contribution in [2.45, 2.75) is 50.5 Å². The van der Waals surface area contributed by atoms with Gasteiger partial charge in [-0.2, -0.15) is 0 Å². The molecule has 0 N–H and O–H groups in total. The van der Waals surface area contributed by atoms with E-state index in [0.717, 1.165) is 32.1 Å². The molecule has 136 valence electrons. The van der Waals surface area contributed by atoms with Crippen molar-refractivity contribution < 1.29 is 14.5 Å². The molecule has 26 heavy (non-hydrogen) atoms. The molecule has 1 aliphatic carbocycles. The van der Waals surface area contributed by atoms with Crippen LogP contribution in [0.5, 0.6) is 0 Å². The normalized spacial score (nSPS) is 20.6. The molecule has 1 aliphatic rings. The number of rotatable bonds is 4. The number of nitro groups is 1. The van der Waals surface area contributed by atoms with Gasteiger partial charge in [0, 0.05) is 18.1 Å². The van der Waals surface area contributed by atoms with Crippen LogP contribution in [0.1, 0.15) is 60.4 Å². The van der Waals surface area contributed by atoms with Crippen LogP contribution in [0.3, 0.4) is 0 Å². The van der Waals surface area contributed by atoms with E-state index in [1.807, 2.05) is 18.2 Å². The molecule has 1 fully saturated rings. The molecule has 5 nitrogen and oxygen atoms in total. The summed E-state index contributed by atoms with van der Waals surface area (Å²) in [5.74, 6) is -0.218. The lowest BCUT2D eigenvalue weighted by Gasteiger charge is -2.29. The Labute approximate surface area is 153 Å². The van der Waals surface area contributed by atoms with Crippen molar-refractivity contribution in [3.63, 3.8) is 0 Å². The second kappa shape index (κ2) is 8.61. The first-order valence-corrected chi connectivity index (χ1v) is 9.15. The molecule has 2 atom stereocenters. The molecule has 2 aromatic carbocycles. The summed E-state index contributed by atoms with van der Waals surface area (Å²) in [5, 5.41) is 10.8. The fourth-order valence-electron chi connectivity index (χ4n) is 3.60. The molecule has 0 amide bonds. The molecule has 0 radical (unpaired) electrons. The summed E-state index contributed by atoms with van der Waals surface area (Å²) in [4.78, 5) is 22.9. The predicted molar refractivity (Wildman–Crippen MR) is 99.2 cm³/mol. The summed E-state index contributed by atoms with van der Waals surface area (Å²) >= 11 is 0. The minimum absolute atomic E-state index is 0.0327. The Kier molecular flexibility index (Phi) is 6.00. The minimum Gasteiger partial charge on any atom is -0.458 e. The molecular weight excluding hydrogens is 330 g/mol. The van der Waals surface area contributed by atoms with Gasteiger partial charge in [-0.05, 0) is 37.0 Å². The summed E-state index contributed by atoms with van der Waals surface area (Å²) in [6.45, 7) is 0. The van der Waals surface area contributed by atoms with Gasteiger partial charge in [0.2, 0.25) is 0 Å². The van der Waals surface area contributed by atoms with Crippen molar-refractivity contribution in [1.82, 2.24) is 0 Å². The maximum absolute atomic E-state index is 12.6. The first kappa shape index (κ1) is 18.1. The van der Waals surface area contributed by atoms with E-state index in [1.165, 1.54) is 36.2 Å². The van der Waals surface area contributed by atoms with Gasteiger partial charge in [0.25, 0.3) is 5.69 Å². The smallest absolute Gasteiger partial charge is 0.338 e. The second-order valence-electron chi connectivity index (χ2n) is 6.76. The average Bonchev–Trinajstić information content (AvgIpc) is 2.65. The molecule has 0 aliphatic heterocycles. The number of nitro benzene ring substituents is 1. The van der Waals surface area contributed by atoms with E-state index in [-0.39, 0.29) is 17.7 Å². The van der Waals surface area contributed by atoms with Crippen LogP contribution in [0.15, 0.2) is 54.6 Å². The molecule has 0 unspecified atom stereocenters. The van der Waals surface area contributed by atoms with Crippen LogP contribution in [0.25, 0.3) is 0 Å². The fourth-order valence-corrected chi connectivity index (χ4v) is 3.60. The van der Waals surface area contributed by atoms with Crippen LogP contribution in [-0.2, 0) is 4.74 Å². The van der Waals surface area contributed by atoms with Gasteiger partial charge in [0.05, 0.1) is 10.5 Å². The number of ether oxygens (including phenoxy) is 1. The largest absolute Gasteiger partial charge is 0.458 e. The molecule has 1 saturated carbocycles. The molecule has 5 heteroatoms. The van der Waals surface area contributed by atoms with Crippen LogP contribution < -0.4 is 0 Å². The lowest BCUT2D eigenvalue weighted by atomic mass is 9.83. The predicted octanol–water partition coefficient (Wildman–Crippen LogP) is 5.26. The molecule has 2 aromatic rings. The summed E-state index contributed by atoms with van der Waals surface area (Å²) in [5.41, 5.74) is 1.52. The minimum atomic E-state index is -0.477. The second-order valence-corrected chi connectivity index (χ2v) is 6.76. The monoisotopic (exact) mass is 353 g/mol. The Balaban J connectivity index is 1.77. The number of nitrogens with zero attached hydrogens (tertiary/aromatic N) is 1. The Morgan fingerprint density at radius 3 is 2.23 bits per heavy atom. The third-order valence-corrected chi connectivity index (χ3v) is 5.00. The topological polar surface area (TPSA) is 69.4 Å². The lowest BCUT2D eigenvalue weighted by Crippen LogP contribution is -2.27. The standard InChI is InChI=1S/C21H23NO4/c23-21(17-12-14-18(15-13-17)22(24)25)26-20-11-7-2-1-6-10-19(20)16-8-4-3-5-9-16/h3-5,8-9,12-15,19-20H,1-2,6-7,10-11H2/t19-,20-/m0/s1. The first-order valence-electron chi connectivity index (χ1n) is 9.15. The highest BCUT2D eigenvalue weighted by Gasteiger charge is 2.28. The fraction of sp³-hybridized carbons (Fsp3) is 0.381. The van der Waals surface area contributed by atoms with E-state index < -0.39 is 10.9 Å². The highest BCUT2D eigenvalue weighted by Crippen LogP contribution is 2.33. The number of hydrogen-bond acceptors (Lipinski definition) is 4. The van der Waals surface area contributed by atoms with E-state index in [1.54, 1.807) is 0 Å². The van der Waals surface area contributed by atoms with E-state index in [4.69, 9.17) is 4.74 Å². The Hall–Kier alpha value is -2.69. The third kappa shape index (κ3) is 4.48. The zero-order valence-corrected chi connectivity index (χ0v) is 14.7. The number of esters is 1. The quantitative estimate of drug-likeness (QED) is 0.427. The van der Waals surface area contributed by atoms with Crippen LogP contribution in [-0.4, -0.2) is 17.0 Å². The number of benzene rings is 2. The molecule has 0 spiro atoms.